The number of carbonyl (C=O) groups is 2. The molecule has 37 heavy (non-hydrogen) atoms. The molecule has 0 saturated carbocycles. The predicted molar refractivity (Wildman–Crippen MR) is 138 cm³/mol. The van der Waals surface area contributed by atoms with E-state index in [2.05, 4.69) is 22.7 Å². The number of fused-ring (bicyclic) bond motifs is 1. The lowest BCUT2D eigenvalue weighted by Gasteiger charge is -2.22. The first-order valence-electron chi connectivity index (χ1n) is 11.8. The smallest absolute Gasteiger partial charge is 0.341 e. The highest BCUT2D eigenvalue weighted by molar-refractivity contribution is 7.99. The standard InChI is InChI=1S/C27H25N3O5S2/c1-16-8-11-19(12-9-16)30-25(27(33)35-29-30)36-15-22(31)28-24-23(26(32)34-2)20-13-10-18(14-21(20)37-24)17-6-4-3-5-7-17/h3-9,11-12,18H,10,13-15H2,1-2H3,(H-,28,29,31,32,33). The number of anilines is 1. The number of hydrogen-bond acceptors (Lipinski definition) is 8. The maximum atomic E-state index is 12.9. The molecule has 0 radical (unpaired) electrons. The van der Waals surface area contributed by atoms with Crippen LogP contribution in [0.5, 0.6) is 5.95 Å². The number of esters is 1. The summed E-state index contributed by atoms with van der Waals surface area (Å²) in [5.41, 5.74) is 4.37. The predicted octanol–water partition coefficient (Wildman–Crippen LogP) is 4.18. The fourth-order valence-electron chi connectivity index (χ4n) is 4.51. The van der Waals surface area contributed by atoms with E-state index in [0.717, 1.165) is 47.0 Å². The van der Waals surface area contributed by atoms with Gasteiger partial charge in [-0.25, -0.2) is 4.79 Å². The number of benzene rings is 2. The van der Waals surface area contributed by atoms with E-state index in [9.17, 15) is 14.7 Å². The van der Waals surface area contributed by atoms with Crippen LogP contribution < -0.4 is 15.1 Å². The number of aromatic nitrogens is 2. The van der Waals surface area contributed by atoms with Gasteiger partial charge in [-0.15, -0.1) is 11.3 Å². The molecule has 5 rings (SSSR count). The second kappa shape index (κ2) is 10.8. The van der Waals surface area contributed by atoms with Gasteiger partial charge < -0.3 is 19.7 Å². The van der Waals surface area contributed by atoms with Crippen LogP contribution in [0.25, 0.3) is 5.69 Å². The van der Waals surface area contributed by atoms with Crippen molar-refractivity contribution in [1.29, 1.82) is 0 Å². The maximum Gasteiger partial charge on any atom is 0.341 e. The molecule has 2 aromatic heterocycles. The van der Waals surface area contributed by atoms with E-state index < -0.39 is 11.9 Å². The number of aryl methyl sites for hydroxylation is 1. The Morgan fingerprint density at radius 3 is 2.70 bits per heavy atom. The second-order valence-electron chi connectivity index (χ2n) is 8.80. The average molecular weight is 536 g/mol. The molecule has 1 atom stereocenters. The van der Waals surface area contributed by atoms with Crippen LogP contribution in [0, 0.1) is 6.92 Å². The summed E-state index contributed by atoms with van der Waals surface area (Å²) in [6.45, 7) is 1.96. The minimum absolute atomic E-state index is 0.0574. The Kier molecular flexibility index (Phi) is 7.29. The van der Waals surface area contributed by atoms with Gasteiger partial charge in [0, 0.05) is 17.0 Å². The van der Waals surface area contributed by atoms with Gasteiger partial charge in [0.25, 0.3) is 5.03 Å². The summed E-state index contributed by atoms with van der Waals surface area (Å²) in [5.74, 6) is -1.12. The number of rotatable bonds is 7. The van der Waals surface area contributed by atoms with Gasteiger partial charge in [0.2, 0.25) is 11.6 Å². The van der Waals surface area contributed by atoms with Crippen molar-refractivity contribution >= 4 is 40.0 Å². The van der Waals surface area contributed by atoms with Crippen LogP contribution in [0.15, 0.2) is 64.1 Å². The van der Waals surface area contributed by atoms with E-state index in [1.165, 1.54) is 28.7 Å². The quantitative estimate of drug-likeness (QED) is 0.215. The SMILES string of the molecule is COC(=O)c1c(NC(=O)CSc2c([O-])on[n+]2-c2ccc(C)cc2)sc2c1CCC(c1ccccc1)C2. The lowest BCUT2D eigenvalue weighted by atomic mass is 9.83. The summed E-state index contributed by atoms with van der Waals surface area (Å²) < 4.78 is 11.3. The lowest BCUT2D eigenvalue weighted by Crippen LogP contribution is -2.35. The third kappa shape index (κ3) is 5.26. The van der Waals surface area contributed by atoms with Crippen LogP contribution in [0.3, 0.4) is 0 Å². The van der Waals surface area contributed by atoms with E-state index in [1.807, 2.05) is 49.4 Å². The number of methoxy groups -OCH3 is 1. The largest absolute Gasteiger partial charge is 0.538 e. The Balaban J connectivity index is 1.33. The molecule has 1 amide bonds. The van der Waals surface area contributed by atoms with Gasteiger partial charge >= 0.3 is 5.97 Å². The summed E-state index contributed by atoms with van der Waals surface area (Å²) in [5, 5.41) is 19.6. The molecule has 190 valence electrons. The number of ether oxygens (including phenoxy) is 1. The average Bonchev–Trinajstić information content (AvgIpc) is 3.46. The molecular weight excluding hydrogens is 510 g/mol. The molecular formula is C27H25N3O5S2. The van der Waals surface area contributed by atoms with Gasteiger partial charge in [0.1, 0.15) is 5.00 Å². The van der Waals surface area contributed by atoms with Crippen molar-refractivity contribution in [3.8, 4) is 11.6 Å². The van der Waals surface area contributed by atoms with Gasteiger partial charge in [-0.2, -0.15) is 0 Å². The molecule has 0 aliphatic heterocycles. The van der Waals surface area contributed by atoms with E-state index in [1.54, 1.807) is 0 Å². The number of thiophene rings is 1. The summed E-state index contributed by atoms with van der Waals surface area (Å²) >= 11 is 2.45. The van der Waals surface area contributed by atoms with Crippen LogP contribution in [0.1, 0.15) is 44.3 Å². The van der Waals surface area contributed by atoms with Gasteiger partial charge in [-0.05, 0) is 59.7 Å². The molecule has 0 saturated heterocycles. The summed E-state index contributed by atoms with van der Waals surface area (Å²) in [6, 6.07) is 17.8. The fraction of sp³-hybridized carbons (Fsp3) is 0.259. The zero-order valence-electron chi connectivity index (χ0n) is 20.4. The van der Waals surface area contributed by atoms with Crippen molar-refractivity contribution in [2.75, 3.05) is 18.2 Å². The number of hydrogen-bond donors (Lipinski definition) is 1. The highest BCUT2D eigenvalue weighted by Crippen LogP contribution is 2.42. The number of amides is 1. The summed E-state index contributed by atoms with van der Waals surface area (Å²) in [7, 11) is 1.34. The topological polar surface area (TPSA) is 108 Å². The molecule has 0 spiro atoms. The minimum Gasteiger partial charge on any atom is -0.538 e. The molecule has 1 unspecified atom stereocenters. The maximum absolute atomic E-state index is 12.9. The molecule has 2 heterocycles. The number of nitrogens with one attached hydrogen (secondary N) is 1. The first-order chi connectivity index (χ1) is 17.9. The van der Waals surface area contributed by atoms with Crippen LogP contribution in [0.2, 0.25) is 0 Å². The molecule has 1 N–H and O–H groups in total. The van der Waals surface area contributed by atoms with Gasteiger partial charge in [-0.1, -0.05) is 48.0 Å². The number of nitrogens with zero attached hydrogens (tertiary/aromatic N) is 2. The normalized spacial score (nSPS) is 14.7. The van der Waals surface area contributed by atoms with Crippen LogP contribution in [-0.4, -0.2) is 30.0 Å². The first-order valence-corrected chi connectivity index (χ1v) is 13.6. The Morgan fingerprint density at radius 2 is 1.97 bits per heavy atom. The van der Waals surface area contributed by atoms with Crippen LogP contribution >= 0.6 is 23.1 Å². The van der Waals surface area contributed by atoms with Crippen molar-refractivity contribution in [2.45, 2.75) is 37.1 Å². The zero-order valence-corrected chi connectivity index (χ0v) is 22.0. The zero-order chi connectivity index (χ0) is 25.9. The molecule has 1 aliphatic rings. The molecule has 10 heteroatoms. The minimum atomic E-state index is -0.618. The first kappa shape index (κ1) is 25.0. The summed E-state index contributed by atoms with van der Waals surface area (Å²) in [6.07, 6.45) is 2.45. The highest BCUT2D eigenvalue weighted by Gasteiger charge is 2.31. The van der Waals surface area contributed by atoms with Crippen molar-refractivity contribution in [1.82, 2.24) is 5.27 Å². The van der Waals surface area contributed by atoms with Crippen LogP contribution in [-0.2, 0) is 22.4 Å². The fourth-order valence-corrected chi connectivity index (χ4v) is 6.60. The highest BCUT2D eigenvalue weighted by atomic mass is 32.2. The molecule has 4 aromatic rings. The van der Waals surface area contributed by atoms with E-state index >= 15 is 0 Å². The second-order valence-corrected chi connectivity index (χ2v) is 10.9. The van der Waals surface area contributed by atoms with E-state index in [0.29, 0.717) is 22.2 Å². The van der Waals surface area contributed by atoms with Gasteiger partial charge in [0.05, 0.1) is 23.7 Å². The molecule has 2 aromatic carbocycles. The Bertz CT molecular complexity index is 1430. The third-order valence-corrected chi connectivity index (χ3v) is 8.56. The molecule has 0 fully saturated rings. The summed E-state index contributed by atoms with van der Waals surface area (Å²) in [4.78, 5) is 26.7. The Morgan fingerprint density at radius 1 is 1.22 bits per heavy atom. The van der Waals surface area contributed by atoms with Crippen molar-refractivity contribution in [2.24, 2.45) is 0 Å². The Labute approximate surface area is 222 Å². The van der Waals surface area contributed by atoms with Gasteiger partial charge in [-0.3, -0.25) is 4.79 Å². The molecule has 0 bridgehead atoms. The molecule has 8 nitrogen and oxygen atoms in total. The van der Waals surface area contributed by atoms with Crippen molar-refractivity contribution < 1.29 is 28.6 Å². The Hall–Kier alpha value is -3.63. The van der Waals surface area contributed by atoms with E-state index in [4.69, 9.17) is 9.26 Å². The lowest BCUT2D eigenvalue weighted by molar-refractivity contribution is -0.705. The third-order valence-electron chi connectivity index (χ3n) is 6.37. The number of carbonyl (C=O) groups excluding carboxylic acids is 2. The van der Waals surface area contributed by atoms with E-state index in [-0.39, 0.29) is 16.7 Å². The number of thioether (sulfide) groups is 1. The molecule has 1 aliphatic carbocycles. The van der Waals surface area contributed by atoms with Gasteiger partial charge in [0.15, 0.2) is 5.95 Å². The monoisotopic (exact) mass is 535 g/mol. The van der Waals surface area contributed by atoms with Crippen molar-refractivity contribution in [3.63, 3.8) is 0 Å². The van der Waals surface area contributed by atoms with Crippen LogP contribution in [0.4, 0.5) is 5.00 Å². The van der Waals surface area contributed by atoms with Crippen molar-refractivity contribution in [3.05, 3.63) is 81.7 Å².